The molecule has 1 aromatic carbocycles. The fraction of sp³-hybridized carbons (Fsp3) is 0.550. The summed E-state index contributed by atoms with van der Waals surface area (Å²) in [7, 11) is 0. The smallest absolute Gasteiger partial charge is 0.191 e. The molecule has 2 rings (SSSR count). The molecule has 6 nitrogen and oxygen atoms in total. The third-order valence-corrected chi connectivity index (χ3v) is 5.05. The normalized spacial score (nSPS) is 11.8. The monoisotopic (exact) mass is 388 g/mol. The molecule has 0 aliphatic carbocycles. The first-order valence-electron chi connectivity index (χ1n) is 9.75. The Morgan fingerprint density at radius 2 is 1.96 bits per heavy atom. The van der Waals surface area contributed by atoms with Gasteiger partial charge in [-0.3, -0.25) is 4.99 Å². The van der Waals surface area contributed by atoms with Crippen molar-refractivity contribution in [2.45, 2.75) is 45.1 Å². The summed E-state index contributed by atoms with van der Waals surface area (Å²) in [6.45, 7) is 9.89. The van der Waals surface area contributed by atoms with Gasteiger partial charge in [-0.2, -0.15) is 0 Å². The number of aryl methyl sites for hydroxylation is 1. The lowest BCUT2D eigenvalue weighted by Crippen LogP contribution is -2.40. The Labute approximate surface area is 167 Å². The number of hydrogen-bond acceptors (Lipinski definition) is 4. The minimum atomic E-state index is 0.660. The molecule has 0 saturated carbocycles. The number of guanidine groups is 1. The van der Waals surface area contributed by atoms with Gasteiger partial charge in [-0.1, -0.05) is 39.0 Å². The Balaban J connectivity index is 1.77. The second-order valence-electron chi connectivity index (χ2n) is 6.72. The zero-order valence-corrected chi connectivity index (χ0v) is 17.5. The Morgan fingerprint density at radius 3 is 2.70 bits per heavy atom. The summed E-state index contributed by atoms with van der Waals surface area (Å²) >= 11 is 1.85. The van der Waals surface area contributed by atoms with Gasteiger partial charge in [0.25, 0.3) is 0 Å². The second kappa shape index (κ2) is 12.4. The van der Waals surface area contributed by atoms with Crippen molar-refractivity contribution in [2.75, 3.05) is 25.4 Å². The average Bonchev–Trinajstić information content (AvgIpc) is 3.13. The molecule has 0 bridgehead atoms. The first kappa shape index (κ1) is 21.3. The van der Waals surface area contributed by atoms with E-state index in [0.717, 1.165) is 56.6 Å². The molecule has 0 amide bonds. The predicted molar refractivity (Wildman–Crippen MR) is 114 cm³/mol. The van der Waals surface area contributed by atoms with Crippen LogP contribution in [-0.2, 0) is 13.0 Å². The number of nitrogens with one attached hydrogen (secondary N) is 2. The van der Waals surface area contributed by atoms with E-state index < -0.39 is 0 Å². The van der Waals surface area contributed by atoms with Crippen LogP contribution in [-0.4, -0.2) is 46.1 Å². The SMILES string of the molecule is CCc1nncn1CCNC(=NCCC(C)C)NCCSc1ccccc1. The molecule has 7 heteroatoms. The zero-order chi connectivity index (χ0) is 19.3. The summed E-state index contributed by atoms with van der Waals surface area (Å²) in [5.74, 6) is 3.56. The van der Waals surface area contributed by atoms with E-state index in [0.29, 0.717) is 5.92 Å². The van der Waals surface area contributed by atoms with Gasteiger partial charge in [0.15, 0.2) is 5.96 Å². The van der Waals surface area contributed by atoms with E-state index in [1.807, 2.05) is 17.8 Å². The number of nitrogens with zero attached hydrogens (tertiary/aromatic N) is 4. The highest BCUT2D eigenvalue weighted by molar-refractivity contribution is 7.99. The van der Waals surface area contributed by atoms with Gasteiger partial charge < -0.3 is 15.2 Å². The number of rotatable bonds is 11. The third-order valence-electron chi connectivity index (χ3n) is 4.04. The van der Waals surface area contributed by atoms with E-state index in [1.54, 1.807) is 6.33 Å². The van der Waals surface area contributed by atoms with Gasteiger partial charge in [-0.15, -0.1) is 22.0 Å². The quantitative estimate of drug-likeness (QED) is 0.268. The van der Waals surface area contributed by atoms with Crippen LogP contribution in [0.25, 0.3) is 0 Å². The zero-order valence-electron chi connectivity index (χ0n) is 16.7. The molecule has 0 fully saturated rings. The molecule has 0 aliphatic rings. The Bertz CT molecular complexity index is 668. The summed E-state index contributed by atoms with van der Waals surface area (Å²) in [6.07, 6.45) is 3.78. The lowest BCUT2D eigenvalue weighted by Gasteiger charge is -2.14. The van der Waals surface area contributed by atoms with Gasteiger partial charge in [0, 0.05) is 43.2 Å². The maximum atomic E-state index is 4.71. The van der Waals surface area contributed by atoms with E-state index in [1.165, 1.54) is 4.90 Å². The fourth-order valence-electron chi connectivity index (χ4n) is 2.50. The molecule has 1 heterocycles. The standard InChI is InChI=1S/C20H32N6S/c1-4-19-25-24-16-26(19)14-12-22-20(21-11-10-17(2)3)23-13-15-27-18-8-6-5-7-9-18/h5-9,16-17H,4,10-15H2,1-3H3,(H2,21,22,23). The van der Waals surface area contributed by atoms with Crippen LogP contribution in [0.15, 0.2) is 46.5 Å². The Kier molecular flexibility index (Phi) is 9.76. The van der Waals surface area contributed by atoms with Crippen LogP contribution in [0.3, 0.4) is 0 Å². The number of hydrogen-bond donors (Lipinski definition) is 2. The van der Waals surface area contributed by atoms with Crippen molar-refractivity contribution >= 4 is 17.7 Å². The van der Waals surface area contributed by atoms with Crippen molar-refractivity contribution in [1.29, 1.82) is 0 Å². The fourth-order valence-corrected chi connectivity index (χ4v) is 3.29. The van der Waals surface area contributed by atoms with Crippen LogP contribution >= 0.6 is 11.8 Å². The van der Waals surface area contributed by atoms with Crippen molar-refractivity contribution in [1.82, 2.24) is 25.4 Å². The molecule has 0 spiro atoms. The molecule has 148 valence electrons. The lowest BCUT2D eigenvalue weighted by molar-refractivity contribution is 0.592. The van der Waals surface area contributed by atoms with Crippen molar-refractivity contribution in [3.63, 3.8) is 0 Å². The van der Waals surface area contributed by atoms with Crippen molar-refractivity contribution in [3.05, 3.63) is 42.5 Å². The van der Waals surface area contributed by atoms with Gasteiger partial charge in [-0.05, 0) is 24.5 Å². The minimum Gasteiger partial charge on any atom is -0.356 e. The number of benzene rings is 1. The van der Waals surface area contributed by atoms with Crippen molar-refractivity contribution in [2.24, 2.45) is 10.9 Å². The van der Waals surface area contributed by atoms with E-state index in [2.05, 4.69) is 70.4 Å². The van der Waals surface area contributed by atoms with Crippen LogP contribution in [0.5, 0.6) is 0 Å². The first-order valence-corrected chi connectivity index (χ1v) is 10.7. The van der Waals surface area contributed by atoms with Crippen LogP contribution in [0.2, 0.25) is 0 Å². The van der Waals surface area contributed by atoms with E-state index in [-0.39, 0.29) is 0 Å². The molecule has 1 aromatic heterocycles. The molecule has 2 aromatic rings. The summed E-state index contributed by atoms with van der Waals surface area (Å²) in [5.41, 5.74) is 0. The van der Waals surface area contributed by atoms with Gasteiger partial charge in [0.05, 0.1) is 0 Å². The lowest BCUT2D eigenvalue weighted by atomic mass is 10.1. The van der Waals surface area contributed by atoms with E-state index >= 15 is 0 Å². The van der Waals surface area contributed by atoms with Crippen LogP contribution in [0, 0.1) is 5.92 Å². The highest BCUT2D eigenvalue weighted by Gasteiger charge is 2.03. The molecular weight excluding hydrogens is 356 g/mol. The Morgan fingerprint density at radius 1 is 1.19 bits per heavy atom. The van der Waals surface area contributed by atoms with Crippen LogP contribution < -0.4 is 10.6 Å². The average molecular weight is 389 g/mol. The summed E-state index contributed by atoms with van der Waals surface area (Å²) in [5, 5.41) is 15.0. The molecule has 0 saturated heterocycles. The molecule has 0 unspecified atom stereocenters. The summed E-state index contributed by atoms with van der Waals surface area (Å²) in [4.78, 5) is 6.01. The first-order chi connectivity index (χ1) is 13.2. The molecule has 0 aliphatic heterocycles. The summed E-state index contributed by atoms with van der Waals surface area (Å²) < 4.78 is 2.09. The van der Waals surface area contributed by atoms with Crippen LogP contribution in [0.1, 0.15) is 33.0 Å². The van der Waals surface area contributed by atoms with Gasteiger partial charge in [0.1, 0.15) is 12.2 Å². The van der Waals surface area contributed by atoms with Crippen molar-refractivity contribution < 1.29 is 0 Å². The predicted octanol–water partition coefficient (Wildman–Crippen LogP) is 3.21. The second-order valence-corrected chi connectivity index (χ2v) is 7.89. The van der Waals surface area contributed by atoms with E-state index in [4.69, 9.17) is 4.99 Å². The molecule has 27 heavy (non-hydrogen) atoms. The molecular formula is C20H32N6S. The molecule has 0 radical (unpaired) electrons. The summed E-state index contributed by atoms with van der Waals surface area (Å²) in [6, 6.07) is 10.5. The Hall–Kier alpha value is -2.02. The van der Waals surface area contributed by atoms with Gasteiger partial charge in [0.2, 0.25) is 0 Å². The highest BCUT2D eigenvalue weighted by atomic mass is 32.2. The molecule has 2 N–H and O–H groups in total. The number of aromatic nitrogens is 3. The highest BCUT2D eigenvalue weighted by Crippen LogP contribution is 2.15. The maximum absolute atomic E-state index is 4.71. The van der Waals surface area contributed by atoms with Crippen molar-refractivity contribution in [3.8, 4) is 0 Å². The topological polar surface area (TPSA) is 67.1 Å². The van der Waals surface area contributed by atoms with E-state index in [9.17, 15) is 0 Å². The maximum Gasteiger partial charge on any atom is 0.191 e. The molecule has 0 atom stereocenters. The van der Waals surface area contributed by atoms with Crippen LogP contribution in [0.4, 0.5) is 0 Å². The third kappa shape index (κ3) is 8.47. The minimum absolute atomic E-state index is 0.660. The van der Waals surface area contributed by atoms with Gasteiger partial charge >= 0.3 is 0 Å². The number of thioether (sulfide) groups is 1. The number of aliphatic imine (C=N–C) groups is 1. The van der Waals surface area contributed by atoms with Gasteiger partial charge in [-0.25, -0.2) is 0 Å². The largest absolute Gasteiger partial charge is 0.356 e.